The van der Waals surface area contributed by atoms with Gasteiger partial charge < -0.3 is 9.47 Å². The van der Waals surface area contributed by atoms with Gasteiger partial charge >= 0.3 is 0 Å². The number of hydrogen-bond acceptors (Lipinski definition) is 5. The Hall–Kier alpha value is -3.64. The number of amides is 1. The van der Waals surface area contributed by atoms with E-state index in [0.29, 0.717) is 23.0 Å². The average Bonchev–Trinajstić information content (AvgIpc) is 3.23. The summed E-state index contributed by atoms with van der Waals surface area (Å²) in [5.74, 6) is 1.01. The van der Waals surface area contributed by atoms with Crippen molar-refractivity contribution >= 4 is 33.5 Å². The van der Waals surface area contributed by atoms with Crippen LogP contribution in [0.2, 0.25) is 0 Å². The number of nitrogens with zero attached hydrogens (tertiary/aromatic N) is 1. The van der Waals surface area contributed by atoms with Gasteiger partial charge in [0.1, 0.15) is 6.61 Å². The van der Waals surface area contributed by atoms with Crippen molar-refractivity contribution in [2.75, 3.05) is 7.11 Å². The average molecular weight is 417 g/mol. The largest absolute Gasteiger partial charge is 0.493 e. The van der Waals surface area contributed by atoms with Crippen molar-refractivity contribution < 1.29 is 14.3 Å². The first kappa shape index (κ1) is 19.7. The van der Waals surface area contributed by atoms with E-state index in [1.807, 2.05) is 78.9 Å². The molecule has 6 heteroatoms. The lowest BCUT2D eigenvalue weighted by Gasteiger charge is -2.11. The lowest BCUT2D eigenvalue weighted by Crippen LogP contribution is -2.16. The normalized spacial score (nSPS) is 11.0. The summed E-state index contributed by atoms with van der Waals surface area (Å²) < 4.78 is 12.4. The second kappa shape index (κ2) is 9.24. The Balaban J connectivity index is 1.39. The van der Waals surface area contributed by atoms with Crippen molar-refractivity contribution in [3.05, 3.63) is 94.9 Å². The highest BCUT2D eigenvalue weighted by Gasteiger charge is 2.09. The molecule has 0 bridgehead atoms. The number of ether oxygens (including phenoxy) is 2. The molecule has 4 rings (SSSR count). The third kappa shape index (κ3) is 4.67. The number of nitrogens with one attached hydrogen (secondary N) is 1. The minimum absolute atomic E-state index is 0.234. The fourth-order valence-electron chi connectivity index (χ4n) is 2.93. The van der Waals surface area contributed by atoms with Gasteiger partial charge in [-0.15, -0.1) is 11.3 Å². The molecular formula is C24H20N2O3S. The molecule has 4 aromatic rings. The molecule has 1 N–H and O–H groups in total. The molecule has 0 fully saturated rings. The maximum absolute atomic E-state index is 12.3. The van der Waals surface area contributed by atoms with Crippen LogP contribution in [0.15, 0.2) is 84.0 Å². The number of hydrazone groups is 1. The lowest BCUT2D eigenvalue weighted by molar-refractivity contribution is 0.0959. The molecule has 150 valence electrons. The highest BCUT2D eigenvalue weighted by Crippen LogP contribution is 2.28. The predicted molar refractivity (Wildman–Crippen MR) is 121 cm³/mol. The van der Waals surface area contributed by atoms with E-state index in [1.54, 1.807) is 13.3 Å². The van der Waals surface area contributed by atoms with Crippen molar-refractivity contribution in [2.24, 2.45) is 5.10 Å². The van der Waals surface area contributed by atoms with Gasteiger partial charge in [-0.05, 0) is 46.8 Å². The summed E-state index contributed by atoms with van der Waals surface area (Å²) in [6.45, 7) is 0.454. The van der Waals surface area contributed by atoms with Crippen molar-refractivity contribution in [3.8, 4) is 11.5 Å². The van der Waals surface area contributed by atoms with Crippen LogP contribution < -0.4 is 14.9 Å². The molecule has 0 saturated heterocycles. The summed E-state index contributed by atoms with van der Waals surface area (Å²) in [6, 6.07) is 25.2. The monoisotopic (exact) mass is 416 g/mol. The molecule has 0 aliphatic heterocycles. The molecule has 1 heterocycles. The van der Waals surface area contributed by atoms with E-state index in [-0.39, 0.29) is 5.91 Å². The van der Waals surface area contributed by atoms with Gasteiger partial charge in [-0.25, -0.2) is 5.43 Å². The van der Waals surface area contributed by atoms with Crippen LogP contribution in [0.5, 0.6) is 11.5 Å². The highest BCUT2D eigenvalue weighted by molar-refractivity contribution is 7.20. The molecule has 0 saturated carbocycles. The predicted octanol–water partition coefficient (Wildman–Crippen LogP) is 5.25. The summed E-state index contributed by atoms with van der Waals surface area (Å²) in [7, 11) is 1.59. The van der Waals surface area contributed by atoms with Gasteiger partial charge in [-0.2, -0.15) is 5.10 Å². The molecular weight excluding hydrogens is 396 g/mol. The molecule has 5 nitrogen and oxygen atoms in total. The van der Waals surface area contributed by atoms with E-state index in [4.69, 9.17) is 9.47 Å². The molecule has 1 aromatic heterocycles. The summed E-state index contributed by atoms with van der Waals surface area (Å²) in [4.78, 5) is 13.0. The van der Waals surface area contributed by atoms with E-state index in [0.717, 1.165) is 21.2 Å². The van der Waals surface area contributed by atoms with Crippen LogP contribution in [0, 0.1) is 0 Å². The summed E-state index contributed by atoms with van der Waals surface area (Å²) in [5.41, 5.74) is 4.44. The van der Waals surface area contributed by atoms with Crippen molar-refractivity contribution in [1.29, 1.82) is 0 Å². The number of rotatable bonds is 7. The number of carbonyl (C=O) groups excluding carboxylic acids is 1. The lowest BCUT2D eigenvalue weighted by atomic mass is 10.2. The third-order valence-corrected chi connectivity index (χ3v) is 5.57. The number of fused-ring (bicyclic) bond motifs is 1. The SMILES string of the molecule is COc1cc(C=NNC(=O)c2cc3ccccc3s2)ccc1OCc1ccccc1. The molecule has 0 radical (unpaired) electrons. The molecule has 1 amide bonds. The Morgan fingerprint density at radius 1 is 1.00 bits per heavy atom. The first-order chi connectivity index (χ1) is 14.7. The van der Waals surface area contributed by atoms with Crippen LogP contribution in [0.25, 0.3) is 10.1 Å². The quantitative estimate of drug-likeness (QED) is 0.331. The van der Waals surface area contributed by atoms with E-state index in [9.17, 15) is 4.79 Å². The van der Waals surface area contributed by atoms with Crippen LogP contribution in [-0.2, 0) is 6.61 Å². The molecule has 0 aliphatic carbocycles. The standard InChI is InChI=1S/C24H20N2O3S/c1-28-21-13-18(11-12-20(21)29-16-17-7-3-2-4-8-17)15-25-26-24(27)23-14-19-9-5-6-10-22(19)30-23/h2-15H,16H2,1H3,(H,26,27). The van der Waals surface area contributed by atoms with Crippen LogP contribution >= 0.6 is 11.3 Å². The van der Waals surface area contributed by atoms with E-state index >= 15 is 0 Å². The van der Waals surface area contributed by atoms with Gasteiger partial charge in [-0.1, -0.05) is 48.5 Å². The van der Waals surface area contributed by atoms with Gasteiger partial charge in [0, 0.05) is 4.70 Å². The van der Waals surface area contributed by atoms with Crippen molar-refractivity contribution in [1.82, 2.24) is 5.43 Å². The first-order valence-corrected chi connectivity index (χ1v) is 10.2. The fraction of sp³-hybridized carbons (Fsp3) is 0.0833. The molecule has 0 spiro atoms. The Morgan fingerprint density at radius 2 is 1.80 bits per heavy atom. The van der Waals surface area contributed by atoms with E-state index in [2.05, 4.69) is 10.5 Å². The van der Waals surface area contributed by atoms with Gasteiger partial charge in [0.05, 0.1) is 18.2 Å². The van der Waals surface area contributed by atoms with E-state index in [1.165, 1.54) is 11.3 Å². The maximum Gasteiger partial charge on any atom is 0.281 e. The van der Waals surface area contributed by atoms with Crippen LogP contribution in [0.3, 0.4) is 0 Å². The Kier molecular flexibility index (Phi) is 6.06. The summed E-state index contributed by atoms with van der Waals surface area (Å²) in [5, 5.41) is 5.12. The molecule has 0 atom stereocenters. The van der Waals surface area contributed by atoms with E-state index < -0.39 is 0 Å². The molecule has 0 unspecified atom stereocenters. The van der Waals surface area contributed by atoms with Crippen molar-refractivity contribution in [3.63, 3.8) is 0 Å². The number of thiophene rings is 1. The molecule has 3 aromatic carbocycles. The smallest absolute Gasteiger partial charge is 0.281 e. The van der Waals surface area contributed by atoms with Gasteiger partial charge in [0.25, 0.3) is 5.91 Å². The zero-order valence-electron chi connectivity index (χ0n) is 16.4. The molecule has 0 aliphatic rings. The number of carbonyl (C=O) groups is 1. The van der Waals surface area contributed by atoms with Crippen molar-refractivity contribution in [2.45, 2.75) is 6.61 Å². The second-order valence-corrected chi connectivity index (χ2v) is 7.62. The zero-order chi connectivity index (χ0) is 20.8. The van der Waals surface area contributed by atoms with Crippen LogP contribution in [-0.4, -0.2) is 19.2 Å². The zero-order valence-corrected chi connectivity index (χ0v) is 17.2. The maximum atomic E-state index is 12.3. The third-order valence-electron chi connectivity index (χ3n) is 4.45. The van der Waals surface area contributed by atoms with Gasteiger partial charge in [0.15, 0.2) is 11.5 Å². The minimum atomic E-state index is -0.234. The second-order valence-electron chi connectivity index (χ2n) is 6.53. The fourth-order valence-corrected chi connectivity index (χ4v) is 3.89. The summed E-state index contributed by atoms with van der Waals surface area (Å²) in [6.07, 6.45) is 1.58. The van der Waals surface area contributed by atoms with Gasteiger partial charge in [-0.3, -0.25) is 4.79 Å². The Morgan fingerprint density at radius 3 is 2.60 bits per heavy atom. The Bertz CT molecular complexity index is 1150. The number of methoxy groups -OCH3 is 1. The van der Waals surface area contributed by atoms with Crippen LogP contribution in [0.4, 0.5) is 0 Å². The van der Waals surface area contributed by atoms with Crippen LogP contribution in [0.1, 0.15) is 20.8 Å². The molecule has 30 heavy (non-hydrogen) atoms. The summed E-state index contributed by atoms with van der Waals surface area (Å²) >= 11 is 1.44. The number of benzene rings is 3. The minimum Gasteiger partial charge on any atom is -0.493 e. The van der Waals surface area contributed by atoms with Gasteiger partial charge in [0.2, 0.25) is 0 Å². The topological polar surface area (TPSA) is 59.9 Å². The Labute approximate surface area is 178 Å². The number of hydrogen-bond donors (Lipinski definition) is 1. The first-order valence-electron chi connectivity index (χ1n) is 9.39. The highest BCUT2D eigenvalue weighted by atomic mass is 32.1.